The van der Waals surface area contributed by atoms with E-state index in [4.69, 9.17) is 21.1 Å². The number of aliphatic carboxylic acids is 2. The maximum Gasteiger partial charge on any atom is 0.327 e. The maximum atomic E-state index is 14.4. The Kier molecular flexibility index (Phi) is 40.9. The van der Waals surface area contributed by atoms with Crippen molar-refractivity contribution < 1.29 is 144 Å². The fourth-order valence-electron chi connectivity index (χ4n) is 9.89. The molecule has 0 fully saturated rings. The van der Waals surface area contributed by atoms with Crippen molar-refractivity contribution >= 4 is 106 Å². The van der Waals surface area contributed by atoms with Crippen LogP contribution in [0.4, 0.5) is 11.6 Å². The van der Waals surface area contributed by atoms with Crippen molar-refractivity contribution in [1.82, 2.24) is 73.1 Å². The molecule has 10 amide bonds. The zero-order valence-corrected chi connectivity index (χ0v) is 60.3. The van der Waals surface area contributed by atoms with E-state index in [1.807, 2.05) is 0 Å². The molecule has 1 aromatic carbocycles. The van der Waals surface area contributed by atoms with Gasteiger partial charge in [0.05, 0.1) is 56.6 Å². The number of anilines is 2. The Labute approximate surface area is 630 Å². The third-order valence-electron chi connectivity index (χ3n) is 16.6. The number of aliphatic hydroxyl groups excluding tert-OH is 15. The van der Waals surface area contributed by atoms with Crippen LogP contribution in [0.25, 0.3) is 11.2 Å². The second-order valence-electron chi connectivity index (χ2n) is 25.0. The lowest BCUT2D eigenvalue weighted by Crippen LogP contribution is -2.59. The van der Waals surface area contributed by atoms with Crippen LogP contribution in [0.2, 0.25) is 0 Å². The highest BCUT2D eigenvalue weighted by atomic mass is 32.1. The summed E-state index contributed by atoms with van der Waals surface area (Å²) >= 11 is 3.90. The fraction of sp³-hybridized carbons (Fsp3) is 0.619. The predicted octanol–water partition coefficient (Wildman–Crippen LogP) is -13.4. The molecule has 0 bridgehead atoms. The van der Waals surface area contributed by atoms with Crippen LogP contribution in [-0.2, 0) is 59.3 Å². The first-order chi connectivity index (χ1) is 51.8. The number of hydrogen-bond donors (Lipinski definition) is 31. The zero-order chi connectivity index (χ0) is 82.8. The van der Waals surface area contributed by atoms with Gasteiger partial charge in [-0.05, 0) is 62.8 Å². The first-order valence-electron chi connectivity index (χ1n) is 34.2. The van der Waals surface area contributed by atoms with Gasteiger partial charge in [-0.1, -0.05) is 13.8 Å². The molecular weight excluding hydrogens is 1490 g/mol. The summed E-state index contributed by atoms with van der Waals surface area (Å²) < 4.78 is 0. The average molecular weight is 1590 g/mol. The van der Waals surface area contributed by atoms with Crippen LogP contribution in [0.15, 0.2) is 35.3 Å². The summed E-state index contributed by atoms with van der Waals surface area (Å²) in [4.78, 5) is 188. The van der Waals surface area contributed by atoms with E-state index >= 15 is 0 Å². The monoisotopic (exact) mass is 1590 g/mol. The molecule has 2 aromatic heterocycles. The maximum absolute atomic E-state index is 14.4. The van der Waals surface area contributed by atoms with Crippen molar-refractivity contribution in [3.8, 4) is 0 Å². The Balaban J connectivity index is 1.93. The molecule has 0 aliphatic carbocycles. The van der Waals surface area contributed by atoms with Crippen molar-refractivity contribution in [3.05, 3.63) is 52.1 Å². The number of carboxylic acids is 2. The Hall–Kier alpha value is -9.57. The molecule has 0 spiro atoms. The molecule has 19 atom stereocenters. The molecule has 0 unspecified atom stereocenters. The number of aromatic amines is 1. The quantitative estimate of drug-likeness (QED) is 0.0233. The molecule has 46 nitrogen and oxygen atoms in total. The van der Waals surface area contributed by atoms with Gasteiger partial charge in [0.2, 0.25) is 59.1 Å². The molecule has 616 valence electrons. The van der Waals surface area contributed by atoms with Gasteiger partial charge in [-0.3, -0.25) is 57.7 Å². The van der Waals surface area contributed by atoms with Gasteiger partial charge in [0.15, 0.2) is 11.2 Å². The van der Waals surface area contributed by atoms with Crippen LogP contribution in [0.3, 0.4) is 0 Å². The topological polar surface area (TPSA) is 779 Å². The molecule has 31 N–H and O–H groups in total. The van der Waals surface area contributed by atoms with Gasteiger partial charge >= 0.3 is 11.9 Å². The number of aliphatic hydroxyl groups is 15. The summed E-state index contributed by atoms with van der Waals surface area (Å²) in [6.45, 7) is -2.85. The van der Waals surface area contributed by atoms with Crippen LogP contribution in [0.5, 0.6) is 0 Å². The highest BCUT2D eigenvalue weighted by Gasteiger charge is 2.37. The number of nitrogens with one attached hydrogen (secondary N) is 12. The number of aromatic nitrogens is 4. The van der Waals surface area contributed by atoms with Gasteiger partial charge in [-0.25, -0.2) is 19.6 Å². The van der Waals surface area contributed by atoms with Crippen molar-refractivity contribution in [3.63, 3.8) is 0 Å². The van der Waals surface area contributed by atoms with Crippen molar-refractivity contribution in [2.75, 3.05) is 56.3 Å². The van der Waals surface area contributed by atoms with E-state index in [0.717, 1.165) is 0 Å². The molecule has 2 heterocycles. The molecule has 0 saturated heterocycles. The third kappa shape index (κ3) is 31.1. The molecule has 0 saturated carbocycles. The number of hydrogen-bond acceptors (Lipinski definition) is 34. The number of benzene rings is 1. The molecular formula is C63H98N16O30S. The van der Waals surface area contributed by atoms with Crippen LogP contribution < -0.4 is 69.8 Å². The molecule has 47 heteroatoms. The van der Waals surface area contributed by atoms with Gasteiger partial charge in [0, 0.05) is 62.3 Å². The SMILES string of the molecule is CC[C@@H](NC(=O)[C@H](CCC(=O)NC[C@H](O)[C@@H](O)[C@H](O)[C@H](O)CO)NC(=O)[C@@H](CC)NC(=O)[C@H](CCC(=O)NC[C@H](O)[C@@H](O)[C@H](O)[C@H](O)CO)NC(=O)CC[C@H](NC(=O)c1ccc(NCc2cnc3nc(N)[nH]c(=O)c3n2)cc1)C(=O)O)C(=O)N[C@@H](CCC(=O)NC[C@H](O)[C@@H](O)[C@H](O)[C@H](O)CO)C(=O)N[C@H](CS)C(=O)O. The van der Waals surface area contributed by atoms with E-state index in [0.29, 0.717) is 11.4 Å². The van der Waals surface area contributed by atoms with Crippen LogP contribution >= 0.6 is 12.6 Å². The number of nitrogens with two attached hydrogens (primary N) is 1. The highest BCUT2D eigenvalue weighted by Crippen LogP contribution is 2.16. The van der Waals surface area contributed by atoms with E-state index in [-0.39, 0.29) is 42.1 Å². The molecule has 0 aliphatic heterocycles. The summed E-state index contributed by atoms with van der Waals surface area (Å²) in [7, 11) is 0. The largest absolute Gasteiger partial charge is 0.480 e. The van der Waals surface area contributed by atoms with E-state index < -0.39 is 289 Å². The molecule has 110 heavy (non-hydrogen) atoms. The standard InChI is InChI=1S/C63H98N16O30S/c1-3-29(55(100)74-32(10-14-43(90)67-20-37(84)48(94)51(97)40(87)23-81)58(103)73-30(4-2)56(101)75-33(59(104)77-35(25-110)62(108)109)11-15-44(91)68-21-38(85)49(95)52(98)41(88)24-82)72-57(102)31(9-13-42(89)66-19-36(83)47(93)50(96)39(86)22-80)71-45(92)16-12-34(61(106)107)76-54(99)26-5-7-27(8-6-26)65-17-28-18-69-53-46(70-28)60(105)79-63(64)78-53/h5-8,18,29-41,47-52,65,80-88,93-98,110H,3-4,9-17,19-25H2,1-2H3,(H,66,89)(H,67,90)(H,68,91)(H,71,92)(H,72,102)(H,73,103)(H,74,100)(H,75,101)(H,76,99)(H,77,104)(H,106,107)(H,108,109)(H3,64,69,78,79,105)/t29-,30-,31+,32+,33+,34+,35-,36+,37+,38+,39-,40-,41-,47-,48-,49-,50-,51-,52-/m1/s1. The van der Waals surface area contributed by atoms with E-state index in [1.165, 1.54) is 44.3 Å². The van der Waals surface area contributed by atoms with Crippen LogP contribution in [-0.4, -0.2) is 339 Å². The number of carboxylic acid groups (broad SMARTS) is 2. The average Bonchev–Trinajstić information content (AvgIpc) is 0.814. The summed E-state index contributed by atoms with van der Waals surface area (Å²) in [6, 6.07) is -7.00. The molecule has 3 aromatic rings. The normalized spacial score (nSPS) is 16.6. The van der Waals surface area contributed by atoms with Crippen molar-refractivity contribution in [2.24, 2.45) is 0 Å². The number of amides is 10. The fourth-order valence-corrected chi connectivity index (χ4v) is 10.1. The third-order valence-corrected chi connectivity index (χ3v) is 17.0. The Morgan fingerprint density at radius 1 is 0.455 bits per heavy atom. The van der Waals surface area contributed by atoms with E-state index in [2.05, 4.69) is 91.0 Å². The minimum Gasteiger partial charge on any atom is -0.480 e. The first kappa shape index (κ1) is 94.6. The first-order valence-corrected chi connectivity index (χ1v) is 34.8. The summed E-state index contributed by atoms with van der Waals surface area (Å²) in [5.41, 5.74) is 5.56. The van der Waals surface area contributed by atoms with Crippen LogP contribution in [0.1, 0.15) is 94.1 Å². The lowest BCUT2D eigenvalue weighted by molar-refractivity contribution is -0.142. The Bertz CT molecular complexity index is 3610. The smallest absolute Gasteiger partial charge is 0.327 e. The van der Waals surface area contributed by atoms with E-state index in [9.17, 15) is 134 Å². The molecule has 3 rings (SSSR count). The number of carbonyl (C=O) groups is 12. The van der Waals surface area contributed by atoms with Crippen molar-refractivity contribution in [2.45, 2.75) is 200 Å². The number of rotatable bonds is 51. The number of fused-ring (bicyclic) bond motifs is 1. The second-order valence-corrected chi connectivity index (χ2v) is 25.4. The number of nitrogen functional groups attached to an aromatic ring is 1. The highest BCUT2D eigenvalue weighted by molar-refractivity contribution is 7.80. The van der Waals surface area contributed by atoms with Crippen LogP contribution in [0, 0.1) is 0 Å². The second kappa shape index (κ2) is 47.5. The molecule has 0 aliphatic rings. The number of thiol groups is 1. The lowest BCUT2D eigenvalue weighted by atomic mass is 10.0. The van der Waals surface area contributed by atoms with E-state index in [1.54, 1.807) is 0 Å². The molecule has 0 radical (unpaired) electrons. The summed E-state index contributed by atoms with van der Waals surface area (Å²) in [5, 5.41) is 194. The number of carbonyl (C=O) groups excluding carboxylic acids is 10. The summed E-state index contributed by atoms with van der Waals surface area (Å²) in [6.07, 6.45) is -29.4. The zero-order valence-electron chi connectivity index (χ0n) is 59.4. The lowest BCUT2D eigenvalue weighted by Gasteiger charge is -2.27. The number of H-pyrrole nitrogens is 1. The minimum absolute atomic E-state index is 0.00632. The predicted molar refractivity (Wildman–Crippen MR) is 378 cm³/mol. The Morgan fingerprint density at radius 2 is 0.800 bits per heavy atom. The van der Waals surface area contributed by atoms with Gasteiger partial charge in [-0.2, -0.15) is 17.6 Å². The van der Waals surface area contributed by atoms with Crippen molar-refractivity contribution in [1.29, 1.82) is 0 Å². The van der Waals surface area contributed by atoms with Gasteiger partial charge < -0.3 is 151 Å². The van der Waals surface area contributed by atoms with Gasteiger partial charge in [0.1, 0.15) is 97.2 Å². The Morgan fingerprint density at radius 3 is 1.17 bits per heavy atom. The summed E-state index contributed by atoms with van der Waals surface area (Å²) in [5.74, 6) is -15.1. The minimum atomic E-state index is -2.15. The number of nitrogens with zero attached hydrogens (tertiary/aromatic N) is 3. The van der Waals surface area contributed by atoms with Gasteiger partial charge in [0.25, 0.3) is 11.5 Å². The van der Waals surface area contributed by atoms with Gasteiger partial charge in [-0.15, -0.1) is 0 Å².